The fourth-order valence-corrected chi connectivity index (χ4v) is 3.34. The Balaban J connectivity index is 2.25. The topological polar surface area (TPSA) is 46.6 Å². The van der Waals surface area contributed by atoms with Crippen LogP contribution in [0.1, 0.15) is 56.1 Å². The van der Waals surface area contributed by atoms with Gasteiger partial charge in [-0.2, -0.15) is 0 Å². The quantitative estimate of drug-likeness (QED) is 0.415. The third-order valence-corrected chi connectivity index (χ3v) is 4.92. The lowest BCUT2D eigenvalue weighted by Gasteiger charge is -2.28. The zero-order valence-corrected chi connectivity index (χ0v) is 17.0. The summed E-state index contributed by atoms with van der Waals surface area (Å²) >= 11 is 0. The van der Waals surface area contributed by atoms with E-state index in [9.17, 15) is 9.59 Å². The summed E-state index contributed by atoms with van der Waals surface area (Å²) < 4.78 is 4.78. The zero-order valence-electron chi connectivity index (χ0n) is 17.0. The maximum Gasteiger partial charge on any atom is 0.307 e. The van der Waals surface area contributed by atoms with Gasteiger partial charge >= 0.3 is 5.97 Å². The lowest BCUT2D eigenvalue weighted by atomic mass is 9.90. The fourth-order valence-electron chi connectivity index (χ4n) is 3.34. The average molecular weight is 382 g/mol. The van der Waals surface area contributed by atoms with Crippen molar-refractivity contribution in [1.29, 1.82) is 0 Å². The van der Waals surface area contributed by atoms with Crippen molar-refractivity contribution in [2.75, 3.05) is 20.2 Å². The van der Waals surface area contributed by atoms with Crippen LogP contribution >= 0.6 is 0 Å². The number of rotatable bonds is 11. The van der Waals surface area contributed by atoms with E-state index in [1.165, 1.54) is 7.11 Å². The Labute approximate surface area is 168 Å². The Morgan fingerprint density at radius 1 is 0.857 bits per heavy atom. The van der Waals surface area contributed by atoms with E-state index in [4.69, 9.17) is 4.74 Å². The smallest absolute Gasteiger partial charge is 0.307 e. The third-order valence-electron chi connectivity index (χ3n) is 4.92. The number of unbranched alkanes of at least 4 members (excludes halogenated alkanes) is 3. The van der Waals surface area contributed by atoms with Crippen molar-refractivity contribution in [3.8, 4) is 0 Å². The molecule has 0 heterocycles. The van der Waals surface area contributed by atoms with E-state index in [-0.39, 0.29) is 24.2 Å². The molecule has 0 aliphatic heterocycles. The van der Waals surface area contributed by atoms with Crippen LogP contribution in [0.25, 0.3) is 0 Å². The minimum atomic E-state index is -0.369. The summed E-state index contributed by atoms with van der Waals surface area (Å²) in [5, 5.41) is 0. The molecule has 0 fully saturated rings. The number of carbonyl (C=O) groups excluding carboxylic acids is 2. The van der Waals surface area contributed by atoms with Gasteiger partial charge in [0.25, 0.3) is 0 Å². The van der Waals surface area contributed by atoms with Crippen molar-refractivity contribution in [2.45, 2.75) is 44.9 Å². The summed E-state index contributed by atoms with van der Waals surface area (Å²) in [7, 11) is 1.38. The van der Waals surface area contributed by atoms with Gasteiger partial charge in [-0.3, -0.25) is 9.59 Å². The average Bonchev–Trinajstić information content (AvgIpc) is 2.74. The van der Waals surface area contributed by atoms with Gasteiger partial charge in [0.15, 0.2) is 0 Å². The lowest BCUT2D eigenvalue weighted by Crippen LogP contribution is -2.38. The minimum Gasteiger partial charge on any atom is -0.469 e. The predicted octanol–water partition coefficient (Wildman–Crippen LogP) is 4.79. The van der Waals surface area contributed by atoms with E-state index >= 15 is 0 Å². The second-order valence-electron chi connectivity index (χ2n) is 6.97. The van der Waals surface area contributed by atoms with Gasteiger partial charge < -0.3 is 9.64 Å². The first-order chi connectivity index (χ1) is 13.7. The summed E-state index contributed by atoms with van der Waals surface area (Å²) in [4.78, 5) is 27.1. The molecule has 150 valence electrons. The summed E-state index contributed by atoms with van der Waals surface area (Å²) in [6, 6.07) is 19.7. The highest BCUT2D eigenvalue weighted by Gasteiger charge is 2.27. The fraction of sp³-hybridized carbons (Fsp3) is 0.417. The number of carbonyl (C=O) groups is 2. The minimum absolute atomic E-state index is 0.0396. The molecule has 0 saturated heterocycles. The highest BCUT2D eigenvalue weighted by Crippen LogP contribution is 2.27. The molecule has 4 nitrogen and oxygen atoms in total. The van der Waals surface area contributed by atoms with Gasteiger partial charge in [0.2, 0.25) is 5.91 Å². The zero-order chi connectivity index (χ0) is 20.2. The van der Waals surface area contributed by atoms with E-state index in [2.05, 4.69) is 6.92 Å². The Morgan fingerprint density at radius 2 is 1.43 bits per heavy atom. The third kappa shape index (κ3) is 6.52. The highest BCUT2D eigenvalue weighted by molar-refractivity contribution is 5.87. The van der Waals surface area contributed by atoms with Crippen molar-refractivity contribution in [3.05, 3.63) is 71.8 Å². The largest absolute Gasteiger partial charge is 0.469 e. The summed E-state index contributed by atoms with van der Waals surface area (Å²) in [5.41, 5.74) is 1.94. The van der Waals surface area contributed by atoms with Crippen LogP contribution < -0.4 is 0 Å². The van der Waals surface area contributed by atoms with Crippen LogP contribution in [-0.2, 0) is 14.3 Å². The molecule has 0 saturated carbocycles. The van der Waals surface area contributed by atoms with Gasteiger partial charge in [-0.05, 0) is 17.5 Å². The van der Waals surface area contributed by atoms with Crippen molar-refractivity contribution in [2.24, 2.45) is 0 Å². The van der Waals surface area contributed by atoms with Crippen LogP contribution in [-0.4, -0.2) is 37.0 Å². The number of nitrogens with zero attached hydrogens (tertiary/aromatic N) is 1. The second-order valence-corrected chi connectivity index (χ2v) is 6.97. The normalized spacial score (nSPS) is 10.7. The molecule has 0 radical (unpaired) electrons. The van der Waals surface area contributed by atoms with Gasteiger partial charge in [0, 0.05) is 13.1 Å². The number of esters is 1. The van der Waals surface area contributed by atoms with Crippen LogP contribution in [0.3, 0.4) is 0 Å². The van der Waals surface area contributed by atoms with Crippen molar-refractivity contribution < 1.29 is 14.3 Å². The first-order valence-electron chi connectivity index (χ1n) is 10.1. The van der Waals surface area contributed by atoms with Crippen LogP contribution in [0, 0.1) is 0 Å². The maximum absolute atomic E-state index is 13.6. The van der Waals surface area contributed by atoms with Gasteiger partial charge in [-0.25, -0.2) is 0 Å². The standard InChI is InChI=1S/C24H31NO3/c1-3-4-5-12-18-25(19-17-22(26)28-2)24(27)23(20-13-8-6-9-14-20)21-15-10-7-11-16-21/h6-11,13-16,23H,3-5,12,17-19H2,1-2H3. The monoisotopic (exact) mass is 381 g/mol. The van der Waals surface area contributed by atoms with E-state index in [1.54, 1.807) is 0 Å². The number of benzene rings is 2. The Bertz CT molecular complexity index is 676. The highest BCUT2D eigenvalue weighted by atomic mass is 16.5. The summed E-state index contributed by atoms with van der Waals surface area (Å²) in [6.07, 6.45) is 4.54. The number of amides is 1. The molecule has 0 aliphatic rings. The van der Waals surface area contributed by atoms with Gasteiger partial charge in [0.1, 0.15) is 0 Å². The molecule has 0 atom stereocenters. The maximum atomic E-state index is 13.6. The van der Waals surface area contributed by atoms with Gasteiger partial charge in [-0.15, -0.1) is 0 Å². The van der Waals surface area contributed by atoms with E-state index < -0.39 is 0 Å². The molecule has 0 N–H and O–H groups in total. The van der Waals surface area contributed by atoms with Crippen molar-refractivity contribution in [1.82, 2.24) is 4.90 Å². The van der Waals surface area contributed by atoms with Crippen LogP contribution in [0.5, 0.6) is 0 Å². The Kier molecular flexibility index (Phi) is 9.26. The van der Waals surface area contributed by atoms with Crippen LogP contribution in [0.2, 0.25) is 0 Å². The Morgan fingerprint density at radius 3 is 1.93 bits per heavy atom. The molecular formula is C24H31NO3. The predicted molar refractivity (Wildman–Crippen MR) is 112 cm³/mol. The number of ether oxygens (including phenoxy) is 1. The molecule has 28 heavy (non-hydrogen) atoms. The van der Waals surface area contributed by atoms with Crippen molar-refractivity contribution >= 4 is 11.9 Å². The number of hydrogen-bond acceptors (Lipinski definition) is 3. The molecule has 0 aliphatic carbocycles. The first kappa shape index (κ1) is 21.7. The SMILES string of the molecule is CCCCCCN(CCC(=O)OC)C(=O)C(c1ccccc1)c1ccccc1. The second kappa shape index (κ2) is 12.0. The van der Waals surface area contributed by atoms with Gasteiger partial charge in [0.05, 0.1) is 19.4 Å². The molecule has 0 bridgehead atoms. The molecule has 4 heteroatoms. The number of methoxy groups -OCH3 is 1. The molecule has 2 aromatic rings. The molecule has 0 unspecified atom stereocenters. The van der Waals surface area contributed by atoms with Crippen molar-refractivity contribution in [3.63, 3.8) is 0 Å². The van der Waals surface area contributed by atoms with Crippen LogP contribution in [0.15, 0.2) is 60.7 Å². The molecule has 2 rings (SSSR count). The van der Waals surface area contributed by atoms with Crippen LogP contribution in [0.4, 0.5) is 0 Å². The van der Waals surface area contributed by atoms with E-state index in [0.717, 1.165) is 36.8 Å². The molecule has 0 aromatic heterocycles. The Hall–Kier alpha value is -2.62. The molecule has 2 aromatic carbocycles. The van der Waals surface area contributed by atoms with E-state index in [0.29, 0.717) is 13.1 Å². The lowest BCUT2D eigenvalue weighted by molar-refractivity contribution is -0.141. The molecule has 0 spiro atoms. The summed E-state index contributed by atoms with van der Waals surface area (Å²) in [5.74, 6) is -0.619. The molecule has 1 amide bonds. The molecular weight excluding hydrogens is 350 g/mol. The summed E-state index contributed by atoms with van der Waals surface area (Å²) in [6.45, 7) is 3.21. The first-order valence-corrected chi connectivity index (χ1v) is 10.1. The van der Waals surface area contributed by atoms with Gasteiger partial charge in [-0.1, -0.05) is 86.8 Å². The van der Waals surface area contributed by atoms with E-state index in [1.807, 2.05) is 65.6 Å². The number of hydrogen-bond donors (Lipinski definition) is 0.